The summed E-state index contributed by atoms with van der Waals surface area (Å²) in [5.41, 5.74) is 4.10. The first-order valence-corrected chi connectivity index (χ1v) is 10.1. The predicted octanol–water partition coefficient (Wildman–Crippen LogP) is 6.93. The van der Waals surface area contributed by atoms with E-state index in [0.29, 0.717) is 5.25 Å². The predicted molar refractivity (Wildman–Crippen MR) is 108 cm³/mol. The molecule has 0 bridgehead atoms. The lowest BCUT2D eigenvalue weighted by Crippen LogP contribution is -1.98. The Bertz CT molecular complexity index is 781. The summed E-state index contributed by atoms with van der Waals surface area (Å²) in [4.78, 5) is 2.75. The molecule has 3 aromatic rings. The molecule has 0 amide bonds. The van der Waals surface area contributed by atoms with E-state index in [-0.39, 0.29) is 0 Å². The quantitative estimate of drug-likeness (QED) is 0.442. The van der Waals surface area contributed by atoms with Crippen molar-refractivity contribution < 1.29 is 0 Å². The largest absolute Gasteiger partial charge is 0.124 e. The first-order chi connectivity index (χ1) is 11.7. The number of hydrogen-bond donors (Lipinski definition) is 0. The van der Waals surface area contributed by atoms with Crippen molar-refractivity contribution in [1.82, 2.24) is 0 Å². The van der Waals surface area contributed by atoms with Gasteiger partial charge in [0.15, 0.2) is 0 Å². The molecule has 0 spiro atoms. The van der Waals surface area contributed by atoms with E-state index in [1.165, 1.54) is 26.5 Å². The van der Waals surface area contributed by atoms with Gasteiger partial charge in [-0.2, -0.15) is 0 Å². The summed E-state index contributed by atoms with van der Waals surface area (Å²) in [7, 11) is 0. The van der Waals surface area contributed by atoms with Gasteiger partial charge in [0.1, 0.15) is 0 Å². The van der Waals surface area contributed by atoms with Crippen molar-refractivity contribution in [3.05, 3.63) is 95.6 Å². The van der Waals surface area contributed by atoms with E-state index in [4.69, 9.17) is 0 Å². The molecule has 0 fully saturated rings. The number of aryl methyl sites for hydroxylation is 2. The fourth-order valence-corrected chi connectivity index (χ4v) is 5.07. The Labute approximate surface area is 153 Å². The highest BCUT2D eigenvalue weighted by Crippen LogP contribution is 2.40. The third-order valence-corrected chi connectivity index (χ3v) is 6.93. The highest BCUT2D eigenvalue weighted by molar-refractivity contribution is 8.03. The summed E-state index contributed by atoms with van der Waals surface area (Å²) >= 11 is 3.93. The molecular weight excluding hydrogens is 328 g/mol. The van der Waals surface area contributed by atoms with E-state index in [0.717, 1.165) is 5.75 Å². The van der Waals surface area contributed by atoms with Gasteiger partial charge in [0.2, 0.25) is 0 Å². The smallest absolute Gasteiger partial charge is 0.0438 e. The van der Waals surface area contributed by atoms with Gasteiger partial charge in [0.05, 0.1) is 0 Å². The molecule has 0 aliphatic heterocycles. The van der Waals surface area contributed by atoms with Crippen molar-refractivity contribution in [3.8, 4) is 0 Å². The summed E-state index contributed by atoms with van der Waals surface area (Å²) in [5.74, 6) is 1.06. The number of benzene rings is 3. The van der Waals surface area contributed by atoms with Crippen molar-refractivity contribution >= 4 is 23.5 Å². The Kier molecular flexibility index (Phi) is 6.06. The van der Waals surface area contributed by atoms with Gasteiger partial charge >= 0.3 is 0 Å². The maximum absolute atomic E-state index is 2.24. The fourth-order valence-electron chi connectivity index (χ4n) is 2.59. The standard InChI is InChI=1S/C22H22S2/c1-17-10-6-8-14-20(17)23-16-22(19-12-4-3-5-13-19)24-21-15-9-7-11-18(21)2/h3-15,22H,16H2,1-2H3. The van der Waals surface area contributed by atoms with Crippen LogP contribution in [0.25, 0.3) is 0 Å². The van der Waals surface area contributed by atoms with Crippen LogP contribution in [-0.2, 0) is 0 Å². The minimum Gasteiger partial charge on any atom is -0.124 e. The molecule has 1 atom stereocenters. The van der Waals surface area contributed by atoms with Crippen LogP contribution in [0.4, 0.5) is 0 Å². The van der Waals surface area contributed by atoms with E-state index < -0.39 is 0 Å². The molecule has 2 heteroatoms. The van der Waals surface area contributed by atoms with Crippen LogP contribution in [0, 0.1) is 13.8 Å². The second kappa shape index (κ2) is 8.46. The zero-order valence-electron chi connectivity index (χ0n) is 14.1. The number of rotatable bonds is 6. The summed E-state index contributed by atoms with van der Waals surface area (Å²) in [6, 6.07) is 28.2. The van der Waals surface area contributed by atoms with Crippen LogP contribution in [0.2, 0.25) is 0 Å². The lowest BCUT2D eigenvalue weighted by molar-refractivity contribution is 1.10. The zero-order valence-corrected chi connectivity index (χ0v) is 15.7. The zero-order chi connectivity index (χ0) is 16.8. The van der Waals surface area contributed by atoms with Gasteiger partial charge in [0, 0.05) is 20.8 Å². The number of hydrogen-bond acceptors (Lipinski definition) is 2. The molecule has 0 aliphatic rings. The molecule has 24 heavy (non-hydrogen) atoms. The van der Waals surface area contributed by atoms with Gasteiger partial charge in [-0.3, -0.25) is 0 Å². The lowest BCUT2D eigenvalue weighted by Gasteiger charge is -2.18. The molecule has 3 aromatic carbocycles. The van der Waals surface area contributed by atoms with Gasteiger partial charge < -0.3 is 0 Å². The normalized spacial score (nSPS) is 12.1. The summed E-state index contributed by atoms with van der Waals surface area (Å²) in [5, 5.41) is 0.442. The monoisotopic (exact) mass is 350 g/mol. The van der Waals surface area contributed by atoms with Crippen LogP contribution in [-0.4, -0.2) is 5.75 Å². The molecular formula is C22H22S2. The Morgan fingerprint density at radius 1 is 0.667 bits per heavy atom. The molecule has 1 unspecified atom stereocenters. The van der Waals surface area contributed by atoms with Crippen LogP contribution in [0.3, 0.4) is 0 Å². The Balaban J connectivity index is 1.80. The minimum atomic E-state index is 0.442. The van der Waals surface area contributed by atoms with E-state index in [2.05, 4.69) is 92.7 Å². The van der Waals surface area contributed by atoms with Crippen LogP contribution in [0.5, 0.6) is 0 Å². The van der Waals surface area contributed by atoms with Crippen LogP contribution in [0.15, 0.2) is 88.7 Å². The third-order valence-electron chi connectivity index (χ3n) is 4.02. The summed E-state index contributed by atoms with van der Waals surface area (Å²) in [6.07, 6.45) is 0. The van der Waals surface area contributed by atoms with Crippen LogP contribution >= 0.6 is 23.5 Å². The van der Waals surface area contributed by atoms with E-state index in [1.54, 1.807) is 0 Å². The molecule has 0 nitrogen and oxygen atoms in total. The van der Waals surface area contributed by atoms with Crippen LogP contribution < -0.4 is 0 Å². The van der Waals surface area contributed by atoms with Crippen molar-refractivity contribution in [2.24, 2.45) is 0 Å². The van der Waals surface area contributed by atoms with Gasteiger partial charge in [-0.05, 0) is 42.7 Å². The van der Waals surface area contributed by atoms with Crippen molar-refractivity contribution in [1.29, 1.82) is 0 Å². The fraction of sp³-hybridized carbons (Fsp3) is 0.182. The molecule has 0 N–H and O–H groups in total. The maximum Gasteiger partial charge on any atom is 0.0438 e. The molecule has 122 valence electrons. The number of thioether (sulfide) groups is 2. The van der Waals surface area contributed by atoms with Gasteiger partial charge in [-0.1, -0.05) is 66.7 Å². The second-order valence-corrected chi connectivity index (χ2v) is 8.17. The first-order valence-electron chi connectivity index (χ1n) is 8.19. The molecule has 0 saturated heterocycles. The van der Waals surface area contributed by atoms with Crippen molar-refractivity contribution in [3.63, 3.8) is 0 Å². The Morgan fingerprint density at radius 2 is 1.21 bits per heavy atom. The Morgan fingerprint density at radius 3 is 1.83 bits per heavy atom. The summed E-state index contributed by atoms with van der Waals surface area (Å²) < 4.78 is 0. The maximum atomic E-state index is 2.24. The van der Waals surface area contributed by atoms with E-state index in [9.17, 15) is 0 Å². The van der Waals surface area contributed by atoms with Crippen molar-refractivity contribution in [2.75, 3.05) is 5.75 Å². The second-order valence-electron chi connectivity index (χ2n) is 5.86. The SMILES string of the molecule is Cc1ccccc1SCC(Sc1ccccc1C)c1ccccc1. The molecule has 0 saturated carbocycles. The minimum absolute atomic E-state index is 0.442. The molecule has 0 aromatic heterocycles. The average molecular weight is 351 g/mol. The molecule has 0 heterocycles. The third kappa shape index (κ3) is 4.46. The Hall–Kier alpha value is -1.64. The highest BCUT2D eigenvalue weighted by atomic mass is 32.2. The highest BCUT2D eigenvalue weighted by Gasteiger charge is 2.15. The van der Waals surface area contributed by atoms with Gasteiger partial charge in [-0.15, -0.1) is 23.5 Å². The lowest BCUT2D eigenvalue weighted by atomic mass is 10.2. The first kappa shape index (κ1) is 17.2. The molecule has 3 rings (SSSR count). The molecule has 0 aliphatic carbocycles. The van der Waals surface area contributed by atoms with Gasteiger partial charge in [0.25, 0.3) is 0 Å². The topological polar surface area (TPSA) is 0 Å². The van der Waals surface area contributed by atoms with E-state index in [1.807, 2.05) is 23.5 Å². The van der Waals surface area contributed by atoms with E-state index >= 15 is 0 Å². The van der Waals surface area contributed by atoms with Gasteiger partial charge in [-0.25, -0.2) is 0 Å². The molecule has 0 radical (unpaired) electrons. The van der Waals surface area contributed by atoms with Crippen molar-refractivity contribution in [2.45, 2.75) is 28.9 Å². The average Bonchev–Trinajstić information content (AvgIpc) is 2.62. The van der Waals surface area contributed by atoms with Crippen LogP contribution in [0.1, 0.15) is 21.9 Å². The summed E-state index contributed by atoms with van der Waals surface area (Å²) in [6.45, 7) is 4.38.